The summed E-state index contributed by atoms with van der Waals surface area (Å²) in [5.74, 6) is 2.21. The molecule has 5 aliphatic rings. The van der Waals surface area contributed by atoms with Crippen molar-refractivity contribution in [1.29, 1.82) is 0 Å². The molecule has 0 aromatic rings. The predicted octanol–water partition coefficient (Wildman–Crippen LogP) is 5.64. The second-order valence-electron chi connectivity index (χ2n) is 11.1. The van der Waals surface area contributed by atoms with Gasteiger partial charge in [0.2, 0.25) is 0 Å². The average molecular weight is 481 g/mol. The van der Waals surface area contributed by atoms with Crippen LogP contribution in [-0.2, 0) is 19.0 Å². The van der Waals surface area contributed by atoms with Gasteiger partial charge in [0.05, 0.1) is 18.5 Å². The van der Waals surface area contributed by atoms with Gasteiger partial charge in [-0.15, -0.1) is 0 Å². The molecular formula is C25H37BrO4. The van der Waals surface area contributed by atoms with E-state index in [0.717, 1.165) is 55.6 Å². The molecule has 1 aliphatic heterocycles. The fraction of sp³-hybridized carbons (Fsp3) is 0.880. The molecule has 1 saturated heterocycles. The van der Waals surface area contributed by atoms with Crippen molar-refractivity contribution >= 4 is 21.9 Å². The van der Waals surface area contributed by atoms with Gasteiger partial charge in [0.1, 0.15) is 6.10 Å². The first-order valence-corrected chi connectivity index (χ1v) is 13.2. The first-order valence-electron chi connectivity index (χ1n) is 12.0. The highest BCUT2D eigenvalue weighted by atomic mass is 79.9. The minimum atomic E-state index is -0.419. The van der Waals surface area contributed by atoms with Gasteiger partial charge in [-0.3, -0.25) is 4.79 Å². The van der Waals surface area contributed by atoms with Crippen molar-refractivity contribution in [3.63, 3.8) is 0 Å². The lowest BCUT2D eigenvalue weighted by Crippen LogP contribution is -2.54. The molecule has 4 nitrogen and oxygen atoms in total. The second-order valence-corrected chi connectivity index (χ2v) is 11.6. The maximum Gasteiger partial charge on any atom is 0.302 e. The van der Waals surface area contributed by atoms with Crippen LogP contribution in [0.15, 0.2) is 11.6 Å². The summed E-state index contributed by atoms with van der Waals surface area (Å²) in [7, 11) is 0. The third-order valence-electron chi connectivity index (χ3n) is 9.88. The van der Waals surface area contributed by atoms with Crippen LogP contribution >= 0.6 is 15.9 Å². The Hall–Kier alpha value is -0.390. The number of hydrogen-bond acceptors (Lipinski definition) is 4. The molecule has 0 aromatic carbocycles. The highest BCUT2D eigenvalue weighted by Gasteiger charge is 2.63. The van der Waals surface area contributed by atoms with Crippen LogP contribution in [0.5, 0.6) is 0 Å². The van der Waals surface area contributed by atoms with Gasteiger partial charge >= 0.3 is 5.97 Å². The molecule has 30 heavy (non-hydrogen) atoms. The Kier molecular flexibility index (Phi) is 5.43. The van der Waals surface area contributed by atoms with Gasteiger partial charge in [-0.2, -0.15) is 0 Å². The van der Waals surface area contributed by atoms with Crippen LogP contribution in [0.25, 0.3) is 0 Å². The molecule has 7 atom stereocenters. The van der Waals surface area contributed by atoms with Crippen LogP contribution in [0, 0.1) is 34.5 Å². The van der Waals surface area contributed by atoms with Crippen molar-refractivity contribution in [3.8, 4) is 0 Å². The summed E-state index contributed by atoms with van der Waals surface area (Å²) >= 11 is 3.73. The topological polar surface area (TPSA) is 44.8 Å². The average Bonchev–Trinajstić information content (AvgIpc) is 3.32. The summed E-state index contributed by atoms with van der Waals surface area (Å²) in [5, 5.41) is 0.778. The fourth-order valence-corrected chi connectivity index (χ4v) is 9.24. The molecule has 0 unspecified atom stereocenters. The lowest BCUT2D eigenvalue weighted by atomic mass is 9.47. The van der Waals surface area contributed by atoms with Gasteiger partial charge in [0, 0.05) is 19.3 Å². The zero-order chi connectivity index (χ0) is 21.1. The molecule has 0 N–H and O–H groups in total. The number of alkyl halides is 1. The molecule has 0 spiro atoms. The Morgan fingerprint density at radius 2 is 1.90 bits per heavy atom. The van der Waals surface area contributed by atoms with Crippen molar-refractivity contribution in [1.82, 2.24) is 0 Å². The van der Waals surface area contributed by atoms with E-state index >= 15 is 0 Å². The number of hydrogen-bond donors (Lipinski definition) is 0. The number of carbonyl (C=O) groups excluding carboxylic acids is 1. The van der Waals surface area contributed by atoms with Crippen LogP contribution in [-0.4, -0.2) is 36.4 Å². The summed E-state index contributed by atoms with van der Waals surface area (Å²) in [6.45, 7) is 8.04. The van der Waals surface area contributed by atoms with Crippen LogP contribution < -0.4 is 0 Å². The van der Waals surface area contributed by atoms with Gasteiger partial charge in [-0.1, -0.05) is 41.4 Å². The summed E-state index contributed by atoms with van der Waals surface area (Å²) < 4.78 is 18.1. The molecule has 5 heteroatoms. The fourth-order valence-electron chi connectivity index (χ4n) is 8.53. The number of rotatable bonds is 3. The highest BCUT2D eigenvalue weighted by Crippen LogP contribution is 2.68. The van der Waals surface area contributed by atoms with Crippen molar-refractivity contribution in [3.05, 3.63) is 11.6 Å². The Bertz CT molecular complexity index is 729. The smallest absolute Gasteiger partial charge is 0.302 e. The molecule has 168 valence electrons. The van der Waals surface area contributed by atoms with Crippen molar-refractivity contribution in [2.24, 2.45) is 34.5 Å². The van der Waals surface area contributed by atoms with E-state index in [1.54, 1.807) is 5.57 Å². The Morgan fingerprint density at radius 1 is 1.13 bits per heavy atom. The second kappa shape index (κ2) is 7.59. The molecule has 0 amide bonds. The van der Waals surface area contributed by atoms with Crippen LogP contribution in [0.4, 0.5) is 0 Å². The summed E-state index contributed by atoms with van der Waals surface area (Å²) in [6.07, 6.45) is 12.0. The number of carbonyl (C=O) groups is 1. The van der Waals surface area contributed by atoms with Crippen LogP contribution in [0.2, 0.25) is 0 Å². The van der Waals surface area contributed by atoms with Gasteiger partial charge < -0.3 is 14.2 Å². The number of allylic oxidation sites excluding steroid dienone is 1. The van der Waals surface area contributed by atoms with E-state index in [-0.39, 0.29) is 17.5 Å². The van der Waals surface area contributed by atoms with Crippen LogP contribution in [0.1, 0.15) is 72.1 Å². The summed E-state index contributed by atoms with van der Waals surface area (Å²) in [6, 6.07) is 0. The molecule has 1 heterocycles. The highest BCUT2D eigenvalue weighted by molar-refractivity contribution is 9.09. The Morgan fingerprint density at radius 3 is 2.60 bits per heavy atom. The lowest BCUT2D eigenvalue weighted by Gasteiger charge is -2.59. The van der Waals surface area contributed by atoms with E-state index in [2.05, 4.69) is 35.9 Å². The van der Waals surface area contributed by atoms with Gasteiger partial charge in [0.15, 0.2) is 5.79 Å². The van der Waals surface area contributed by atoms with Gasteiger partial charge in [-0.05, 0) is 73.5 Å². The number of ether oxygens (including phenoxy) is 3. The molecule has 0 radical (unpaired) electrons. The summed E-state index contributed by atoms with van der Waals surface area (Å²) in [4.78, 5) is 11.5. The Balaban J connectivity index is 1.39. The molecule has 5 rings (SSSR count). The minimum Gasteiger partial charge on any atom is -0.462 e. The monoisotopic (exact) mass is 480 g/mol. The van der Waals surface area contributed by atoms with Gasteiger partial charge in [-0.25, -0.2) is 0 Å². The van der Waals surface area contributed by atoms with E-state index in [9.17, 15) is 4.79 Å². The van der Waals surface area contributed by atoms with E-state index in [0.29, 0.717) is 11.3 Å². The molecular weight excluding hydrogens is 444 g/mol. The maximum atomic E-state index is 11.5. The number of fused-ring (bicyclic) bond motifs is 5. The molecule has 3 saturated carbocycles. The van der Waals surface area contributed by atoms with Gasteiger partial charge in [0.25, 0.3) is 0 Å². The van der Waals surface area contributed by atoms with Crippen molar-refractivity contribution in [2.75, 3.05) is 18.5 Å². The van der Waals surface area contributed by atoms with Crippen molar-refractivity contribution in [2.45, 2.75) is 84.0 Å². The Labute approximate surface area is 189 Å². The largest absolute Gasteiger partial charge is 0.462 e. The standard InChI is InChI=1S/C25H37BrO4/c1-16(27)30-18-8-10-23(2)17(14-18)4-5-19-20-6-7-22(24(20,3)11-9-21(19)23)25(15-26)28-12-13-29-25/h4,18-22H,5-15H2,1-3H3/t18-,19-,20-,21-,22-,23+,24+/m1/s1. The third-order valence-corrected chi connectivity index (χ3v) is 10.7. The zero-order valence-electron chi connectivity index (χ0n) is 18.8. The van der Waals surface area contributed by atoms with E-state index in [1.807, 2.05) is 0 Å². The van der Waals surface area contributed by atoms with E-state index in [4.69, 9.17) is 14.2 Å². The van der Waals surface area contributed by atoms with E-state index < -0.39 is 5.79 Å². The van der Waals surface area contributed by atoms with Crippen LogP contribution in [0.3, 0.4) is 0 Å². The minimum absolute atomic E-state index is 0.0820. The predicted molar refractivity (Wildman–Crippen MR) is 119 cm³/mol. The molecule has 4 aliphatic carbocycles. The first kappa shape index (κ1) is 21.5. The lowest BCUT2D eigenvalue weighted by molar-refractivity contribution is -0.210. The normalized spacial score (nSPS) is 47.1. The maximum absolute atomic E-state index is 11.5. The number of esters is 1. The quantitative estimate of drug-likeness (QED) is 0.298. The molecule has 0 aromatic heterocycles. The third kappa shape index (κ3) is 3.08. The summed E-state index contributed by atoms with van der Waals surface area (Å²) in [5.41, 5.74) is 2.15. The zero-order valence-corrected chi connectivity index (χ0v) is 20.3. The molecule has 4 fully saturated rings. The van der Waals surface area contributed by atoms with E-state index in [1.165, 1.54) is 39.0 Å². The van der Waals surface area contributed by atoms with Crippen molar-refractivity contribution < 1.29 is 19.0 Å². The SMILES string of the molecule is CC(=O)O[C@@H]1CC[C@@]2(C)C(=CC[C@@H]3[C@H]4CC[C@@H](C5(CBr)OCCO5)[C@@]4(C)CC[C@H]32)C1. The molecule has 0 bridgehead atoms. The number of halogens is 1. The first-order chi connectivity index (χ1) is 14.3.